The first kappa shape index (κ1) is 16.3. The van der Waals surface area contributed by atoms with Crippen LogP contribution in [0, 0.1) is 0 Å². The fourth-order valence-electron chi connectivity index (χ4n) is 3.41. The van der Waals surface area contributed by atoms with Crippen LogP contribution in [0.1, 0.15) is 49.8 Å². The summed E-state index contributed by atoms with van der Waals surface area (Å²) in [4.78, 5) is 11.9. The third kappa shape index (κ3) is 3.33. The van der Waals surface area contributed by atoms with Crippen molar-refractivity contribution in [2.75, 3.05) is 0 Å². The number of hydrogen-bond donors (Lipinski definition) is 0. The van der Waals surface area contributed by atoms with Crippen molar-refractivity contribution in [3.8, 4) is 0 Å². The lowest BCUT2D eigenvalue weighted by Gasteiger charge is -2.11. The van der Waals surface area contributed by atoms with Crippen LogP contribution in [0.5, 0.6) is 0 Å². The van der Waals surface area contributed by atoms with Gasteiger partial charge < -0.3 is 4.42 Å². The van der Waals surface area contributed by atoms with Crippen molar-refractivity contribution in [1.29, 1.82) is 0 Å². The summed E-state index contributed by atoms with van der Waals surface area (Å²) >= 11 is 1.57. The molecule has 25 heavy (non-hydrogen) atoms. The van der Waals surface area contributed by atoms with E-state index < -0.39 is 0 Å². The molecule has 1 aromatic carbocycles. The average molecular weight is 356 g/mol. The minimum Gasteiger partial charge on any atom is -0.423 e. The van der Waals surface area contributed by atoms with E-state index in [2.05, 4.69) is 28.5 Å². The molecular weight excluding hydrogens is 336 g/mol. The van der Waals surface area contributed by atoms with Crippen molar-refractivity contribution in [1.82, 2.24) is 20.2 Å². The Hall–Kier alpha value is -2.15. The van der Waals surface area contributed by atoms with Crippen LogP contribution < -0.4 is 5.63 Å². The molecule has 0 N–H and O–H groups in total. The Bertz CT molecular complexity index is 944. The van der Waals surface area contributed by atoms with Gasteiger partial charge >= 0.3 is 5.63 Å². The zero-order chi connectivity index (χ0) is 17.2. The lowest BCUT2D eigenvalue weighted by molar-refractivity contribution is 0.423. The van der Waals surface area contributed by atoms with E-state index in [9.17, 15) is 4.79 Å². The molecule has 130 valence electrons. The van der Waals surface area contributed by atoms with Gasteiger partial charge in [0, 0.05) is 17.2 Å². The monoisotopic (exact) mass is 356 g/mol. The van der Waals surface area contributed by atoms with Crippen molar-refractivity contribution in [3.05, 3.63) is 45.8 Å². The molecule has 2 aromatic heterocycles. The standard InChI is InChI=1S/C18H20N4O2S/c1-2-12-7-8-15-13(10-17(23)24-16(15)9-12)11-25-18-19-20-21-22(18)14-5-3-4-6-14/h7-10,14H,2-6,11H2,1H3. The van der Waals surface area contributed by atoms with Gasteiger partial charge in [-0.05, 0) is 46.9 Å². The number of fused-ring (bicyclic) bond motifs is 1. The van der Waals surface area contributed by atoms with Gasteiger partial charge in [-0.3, -0.25) is 0 Å². The summed E-state index contributed by atoms with van der Waals surface area (Å²) in [5, 5.41) is 14.0. The minimum atomic E-state index is -0.313. The molecule has 6 nitrogen and oxygen atoms in total. The Morgan fingerprint density at radius 2 is 2.12 bits per heavy atom. The van der Waals surface area contributed by atoms with E-state index in [1.54, 1.807) is 17.8 Å². The van der Waals surface area contributed by atoms with E-state index in [0.717, 1.165) is 40.9 Å². The van der Waals surface area contributed by atoms with E-state index in [-0.39, 0.29) is 5.63 Å². The second-order valence-corrected chi connectivity index (χ2v) is 7.35. The molecular formula is C18H20N4O2S. The van der Waals surface area contributed by atoms with Gasteiger partial charge in [0.25, 0.3) is 0 Å². The summed E-state index contributed by atoms with van der Waals surface area (Å²) in [5.41, 5.74) is 2.45. The first-order chi connectivity index (χ1) is 12.2. The van der Waals surface area contributed by atoms with Crippen molar-refractivity contribution in [2.24, 2.45) is 0 Å². The predicted molar refractivity (Wildman–Crippen MR) is 96.7 cm³/mol. The van der Waals surface area contributed by atoms with Crippen LogP contribution >= 0.6 is 11.8 Å². The number of aromatic nitrogens is 4. The third-order valence-electron chi connectivity index (χ3n) is 4.79. The van der Waals surface area contributed by atoms with Gasteiger partial charge in [-0.2, -0.15) is 0 Å². The van der Waals surface area contributed by atoms with Crippen molar-refractivity contribution in [2.45, 2.75) is 56.0 Å². The number of thioether (sulfide) groups is 1. The highest BCUT2D eigenvalue weighted by Crippen LogP contribution is 2.33. The molecule has 0 saturated heterocycles. The second kappa shape index (κ2) is 7.00. The van der Waals surface area contributed by atoms with Crippen LogP contribution in [0.15, 0.2) is 38.6 Å². The first-order valence-corrected chi connectivity index (χ1v) is 9.69. The quantitative estimate of drug-likeness (QED) is 0.512. The summed E-state index contributed by atoms with van der Waals surface area (Å²) in [5.74, 6) is 0.640. The first-order valence-electron chi connectivity index (χ1n) is 8.71. The highest BCUT2D eigenvalue weighted by atomic mass is 32.2. The molecule has 3 aromatic rings. The Balaban J connectivity index is 1.61. The molecule has 0 spiro atoms. The topological polar surface area (TPSA) is 73.8 Å². The van der Waals surface area contributed by atoms with Crippen LogP contribution in [0.2, 0.25) is 0 Å². The second-order valence-electron chi connectivity index (χ2n) is 6.41. The SMILES string of the molecule is CCc1ccc2c(CSc3nnnn3C3CCCC3)cc(=O)oc2c1. The lowest BCUT2D eigenvalue weighted by atomic mass is 10.1. The van der Waals surface area contributed by atoms with Crippen molar-refractivity contribution >= 4 is 22.7 Å². The summed E-state index contributed by atoms with van der Waals surface area (Å²) in [6.07, 6.45) is 5.65. The molecule has 0 aliphatic heterocycles. The van der Waals surface area contributed by atoms with Crippen LogP contribution in [0.25, 0.3) is 11.0 Å². The van der Waals surface area contributed by atoms with Gasteiger partial charge in [-0.1, -0.05) is 43.7 Å². The zero-order valence-electron chi connectivity index (χ0n) is 14.1. The van der Waals surface area contributed by atoms with Crippen molar-refractivity contribution < 1.29 is 4.42 Å². The Kier molecular flexibility index (Phi) is 4.57. The number of hydrogen-bond acceptors (Lipinski definition) is 6. The molecule has 0 atom stereocenters. The maximum atomic E-state index is 11.9. The van der Waals surface area contributed by atoms with Gasteiger partial charge in [0.2, 0.25) is 5.16 Å². The molecule has 4 rings (SSSR count). The van der Waals surface area contributed by atoms with Crippen LogP contribution in [-0.4, -0.2) is 20.2 Å². The third-order valence-corrected chi connectivity index (χ3v) is 5.78. The van der Waals surface area contributed by atoms with Gasteiger partial charge in [-0.25, -0.2) is 9.48 Å². The van der Waals surface area contributed by atoms with Crippen molar-refractivity contribution in [3.63, 3.8) is 0 Å². The summed E-state index contributed by atoms with van der Waals surface area (Å²) in [6.45, 7) is 2.09. The lowest BCUT2D eigenvalue weighted by Crippen LogP contribution is -2.08. The maximum Gasteiger partial charge on any atom is 0.336 e. The van der Waals surface area contributed by atoms with E-state index in [1.807, 2.05) is 16.8 Å². The molecule has 1 aliphatic carbocycles. The highest BCUT2D eigenvalue weighted by Gasteiger charge is 2.21. The fraction of sp³-hybridized carbons (Fsp3) is 0.444. The molecule has 1 fully saturated rings. The fourth-order valence-corrected chi connectivity index (χ4v) is 4.35. The zero-order valence-corrected chi connectivity index (χ0v) is 15.0. The van der Waals surface area contributed by atoms with Gasteiger partial charge in [-0.15, -0.1) is 5.10 Å². The minimum absolute atomic E-state index is 0.313. The number of rotatable bonds is 5. The normalized spacial score (nSPS) is 15.2. The molecule has 0 unspecified atom stereocenters. The number of benzene rings is 1. The largest absolute Gasteiger partial charge is 0.423 e. The van der Waals surface area contributed by atoms with Gasteiger partial charge in [0.1, 0.15) is 5.58 Å². The Labute approximate surface area is 149 Å². The van der Waals surface area contributed by atoms with Gasteiger partial charge in [0.15, 0.2) is 0 Å². The summed E-state index contributed by atoms with van der Waals surface area (Å²) < 4.78 is 7.32. The smallest absolute Gasteiger partial charge is 0.336 e. The summed E-state index contributed by atoms with van der Waals surface area (Å²) in [6, 6.07) is 8.05. The molecule has 2 heterocycles. The Morgan fingerprint density at radius 3 is 2.92 bits per heavy atom. The molecule has 0 radical (unpaired) electrons. The maximum absolute atomic E-state index is 11.9. The van der Waals surface area contributed by atoms with Gasteiger partial charge in [0.05, 0.1) is 6.04 Å². The van der Waals surface area contributed by atoms with Crippen LogP contribution in [0.3, 0.4) is 0 Å². The Morgan fingerprint density at radius 1 is 1.28 bits per heavy atom. The van der Waals surface area contributed by atoms with Crippen LogP contribution in [-0.2, 0) is 12.2 Å². The molecule has 0 bridgehead atoms. The van der Waals surface area contributed by atoms with E-state index in [4.69, 9.17) is 4.42 Å². The molecule has 1 saturated carbocycles. The van der Waals surface area contributed by atoms with E-state index in [0.29, 0.717) is 17.4 Å². The molecule has 7 heteroatoms. The summed E-state index contributed by atoms with van der Waals surface area (Å²) in [7, 11) is 0. The van der Waals surface area contributed by atoms with Crippen LogP contribution in [0.4, 0.5) is 0 Å². The molecule has 1 aliphatic rings. The number of aryl methyl sites for hydroxylation is 1. The number of tetrazole rings is 1. The van der Waals surface area contributed by atoms with E-state index in [1.165, 1.54) is 12.8 Å². The van der Waals surface area contributed by atoms with E-state index >= 15 is 0 Å². The molecule has 0 amide bonds. The number of nitrogens with zero attached hydrogens (tertiary/aromatic N) is 4. The predicted octanol–water partition coefficient (Wildman–Crippen LogP) is 3.75. The highest BCUT2D eigenvalue weighted by molar-refractivity contribution is 7.98. The average Bonchev–Trinajstić information content (AvgIpc) is 3.29.